The van der Waals surface area contributed by atoms with Gasteiger partial charge in [0.05, 0.1) is 5.69 Å². The van der Waals surface area contributed by atoms with Crippen LogP contribution in [0.5, 0.6) is 5.75 Å². The molecule has 1 aliphatic heterocycles. The minimum absolute atomic E-state index is 0.00269. The lowest BCUT2D eigenvalue weighted by molar-refractivity contribution is -0.136. The van der Waals surface area contributed by atoms with Crippen molar-refractivity contribution >= 4 is 55.0 Å². The number of rotatable bonds is 5. The second-order valence-electron chi connectivity index (χ2n) is 7.38. The molecule has 1 saturated heterocycles. The molecule has 0 radical (unpaired) electrons. The first kappa shape index (κ1) is 20.8. The molecule has 1 N–H and O–H groups in total. The molecule has 156 valence electrons. The summed E-state index contributed by atoms with van der Waals surface area (Å²) in [5.41, 5.74) is 0.898. The number of hydrogen-bond donors (Lipinski definition) is 1. The van der Waals surface area contributed by atoms with E-state index in [9.17, 15) is 9.59 Å². The first-order chi connectivity index (χ1) is 14.5. The number of piperidine rings is 1. The second-order valence-corrected chi connectivity index (χ2v) is 9.15. The predicted octanol–water partition coefficient (Wildman–Crippen LogP) is 4.62. The molecule has 0 atom stereocenters. The van der Waals surface area contributed by atoms with Crippen molar-refractivity contribution in [3.8, 4) is 5.75 Å². The molecular formula is C22H22BrN3O3S. The molecule has 1 aliphatic rings. The first-order valence-electron chi connectivity index (χ1n) is 9.81. The van der Waals surface area contributed by atoms with Crippen LogP contribution in [-0.4, -0.2) is 41.4 Å². The Hall–Kier alpha value is -2.45. The Bertz CT molecular complexity index is 1080. The molecule has 0 aliphatic carbocycles. The lowest BCUT2D eigenvalue weighted by Gasteiger charge is -2.31. The number of benzene rings is 2. The zero-order chi connectivity index (χ0) is 21.1. The van der Waals surface area contributed by atoms with Crippen molar-refractivity contribution in [1.29, 1.82) is 0 Å². The van der Waals surface area contributed by atoms with E-state index in [4.69, 9.17) is 4.74 Å². The van der Waals surface area contributed by atoms with Gasteiger partial charge >= 0.3 is 0 Å². The largest absolute Gasteiger partial charge is 0.484 e. The molecule has 0 saturated carbocycles. The van der Waals surface area contributed by atoms with Crippen molar-refractivity contribution in [3.05, 3.63) is 51.9 Å². The third-order valence-corrected chi connectivity index (χ3v) is 6.57. The number of aromatic nitrogens is 1. The zero-order valence-corrected chi connectivity index (χ0v) is 19.0. The van der Waals surface area contributed by atoms with Crippen LogP contribution in [0.3, 0.4) is 0 Å². The number of nitrogens with zero attached hydrogens (tertiary/aromatic N) is 2. The summed E-state index contributed by atoms with van der Waals surface area (Å²) in [4.78, 5) is 31.0. The Labute approximate surface area is 187 Å². The van der Waals surface area contributed by atoms with Crippen molar-refractivity contribution in [3.63, 3.8) is 0 Å². The van der Waals surface area contributed by atoms with Crippen LogP contribution in [0.1, 0.15) is 18.5 Å². The number of amides is 2. The second kappa shape index (κ2) is 9.14. The number of ether oxygens (including phenoxy) is 1. The van der Waals surface area contributed by atoms with E-state index in [-0.39, 0.29) is 24.3 Å². The Morgan fingerprint density at radius 3 is 2.67 bits per heavy atom. The smallest absolute Gasteiger partial charge is 0.260 e. The fourth-order valence-corrected chi connectivity index (χ4v) is 4.60. The number of halogens is 1. The molecule has 0 bridgehead atoms. The number of likely N-dealkylation sites (tertiary alicyclic amines) is 1. The molecule has 3 aromatic rings. The van der Waals surface area contributed by atoms with E-state index in [2.05, 4.69) is 26.2 Å². The highest BCUT2D eigenvalue weighted by Gasteiger charge is 2.28. The Kier molecular flexibility index (Phi) is 6.34. The molecule has 2 heterocycles. The van der Waals surface area contributed by atoms with Gasteiger partial charge in [-0.3, -0.25) is 9.59 Å². The summed E-state index contributed by atoms with van der Waals surface area (Å²) in [6.07, 6.45) is 1.29. The maximum Gasteiger partial charge on any atom is 0.260 e. The predicted molar refractivity (Wildman–Crippen MR) is 122 cm³/mol. The van der Waals surface area contributed by atoms with Gasteiger partial charge in [0.1, 0.15) is 5.75 Å². The summed E-state index contributed by atoms with van der Waals surface area (Å²) in [6.45, 7) is 3.01. The third kappa shape index (κ3) is 4.99. The SMILES string of the molecule is Cc1csc(NC(=O)C2CCN(C(=O)COc3ccc4cc(Br)ccc4c3)CC2)n1. The summed E-state index contributed by atoms with van der Waals surface area (Å²) < 4.78 is 6.75. The van der Waals surface area contributed by atoms with Gasteiger partial charge in [-0.2, -0.15) is 0 Å². The van der Waals surface area contributed by atoms with Gasteiger partial charge in [-0.25, -0.2) is 4.98 Å². The number of hydrogen-bond acceptors (Lipinski definition) is 5. The van der Waals surface area contributed by atoms with Gasteiger partial charge in [-0.05, 0) is 54.8 Å². The van der Waals surface area contributed by atoms with Crippen molar-refractivity contribution in [1.82, 2.24) is 9.88 Å². The van der Waals surface area contributed by atoms with Crippen LogP contribution in [0, 0.1) is 12.8 Å². The van der Waals surface area contributed by atoms with Crippen LogP contribution in [0.15, 0.2) is 46.3 Å². The number of fused-ring (bicyclic) bond motifs is 1. The normalized spacial score (nSPS) is 14.7. The molecule has 1 fully saturated rings. The van der Waals surface area contributed by atoms with Crippen LogP contribution < -0.4 is 10.1 Å². The standard InChI is InChI=1S/C22H22BrN3O3S/c1-14-13-30-22(24-14)25-21(28)15-6-8-26(9-7-15)20(27)12-29-19-5-3-16-10-18(23)4-2-17(16)11-19/h2-5,10-11,13,15H,6-9,12H2,1H3,(H,24,25,28). The third-order valence-electron chi connectivity index (χ3n) is 5.20. The average Bonchev–Trinajstić information content (AvgIpc) is 3.16. The van der Waals surface area contributed by atoms with Gasteiger partial charge in [0.2, 0.25) is 5.91 Å². The van der Waals surface area contributed by atoms with E-state index in [0.717, 1.165) is 20.9 Å². The van der Waals surface area contributed by atoms with Crippen molar-refractivity contribution in [2.75, 3.05) is 25.0 Å². The van der Waals surface area contributed by atoms with Crippen molar-refractivity contribution < 1.29 is 14.3 Å². The van der Waals surface area contributed by atoms with E-state index in [0.29, 0.717) is 36.8 Å². The van der Waals surface area contributed by atoms with E-state index in [1.165, 1.54) is 11.3 Å². The highest BCUT2D eigenvalue weighted by atomic mass is 79.9. The number of carbonyl (C=O) groups is 2. The fraction of sp³-hybridized carbons (Fsp3) is 0.318. The van der Waals surface area contributed by atoms with Gasteiger partial charge in [0.25, 0.3) is 5.91 Å². The van der Waals surface area contributed by atoms with Crippen molar-refractivity contribution in [2.24, 2.45) is 5.92 Å². The molecule has 4 rings (SSSR count). The Balaban J connectivity index is 1.26. The number of nitrogens with one attached hydrogen (secondary N) is 1. The highest BCUT2D eigenvalue weighted by molar-refractivity contribution is 9.10. The molecule has 30 heavy (non-hydrogen) atoms. The van der Waals surface area contributed by atoms with Gasteiger partial charge in [-0.1, -0.05) is 28.1 Å². The average molecular weight is 488 g/mol. The van der Waals surface area contributed by atoms with Crippen LogP contribution >= 0.6 is 27.3 Å². The minimum atomic E-state index is -0.0982. The number of anilines is 1. The summed E-state index contributed by atoms with van der Waals surface area (Å²) in [7, 11) is 0. The lowest BCUT2D eigenvalue weighted by atomic mass is 9.96. The number of thiazole rings is 1. The maximum absolute atomic E-state index is 12.5. The number of aryl methyl sites for hydroxylation is 1. The lowest BCUT2D eigenvalue weighted by Crippen LogP contribution is -2.43. The number of carbonyl (C=O) groups excluding carboxylic acids is 2. The molecule has 1 aromatic heterocycles. The molecule has 8 heteroatoms. The minimum Gasteiger partial charge on any atom is -0.484 e. The van der Waals surface area contributed by atoms with Crippen LogP contribution in [-0.2, 0) is 9.59 Å². The van der Waals surface area contributed by atoms with Gasteiger partial charge < -0.3 is 15.0 Å². The summed E-state index contributed by atoms with van der Waals surface area (Å²) in [5, 5.41) is 7.59. The van der Waals surface area contributed by atoms with E-state index < -0.39 is 0 Å². The molecule has 2 aromatic carbocycles. The van der Waals surface area contributed by atoms with Gasteiger partial charge in [0.15, 0.2) is 11.7 Å². The van der Waals surface area contributed by atoms with Crippen LogP contribution in [0.4, 0.5) is 5.13 Å². The van der Waals surface area contributed by atoms with Crippen LogP contribution in [0.2, 0.25) is 0 Å². The topological polar surface area (TPSA) is 71.5 Å². The quantitative estimate of drug-likeness (QED) is 0.569. The van der Waals surface area contributed by atoms with E-state index in [1.807, 2.05) is 48.7 Å². The van der Waals surface area contributed by atoms with Crippen molar-refractivity contribution in [2.45, 2.75) is 19.8 Å². The Morgan fingerprint density at radius 2 is 1.93 bits per heavy atom. The molecular weight excluding hydrogens is 466 g/mol. The zero-order valence-electron chi connectivity index (χ0n) is 16.6. The Morgan fingerprint density at radius 1 is 1.20 bits per heavy atom. The molecule has 2 amide bonds. The monoisotopic (exact) mass is 487 g/mol. The highest BCUT2D eigenvalue weighted by Crippen LogP contribution is 2.25. The van der Waals surface area contributed by atoms with Gasteiger partial charge in [0, 0.05) is 28.9 Å². The fourth-order valence-electron chi connectivity index (χ4n) is 3.53. The first-order valence-corrected chi connectivity index (χ1v) is 11.5. The van der Waals surface area contributed by atoms with E-state index in [1.54, 1.807) is 4.90 Å². The van der Waals surface area contributed by atoms with E-state index >= 15 is 0 Å². The molecule has 0 spiro atoms. The molecule has 6 nitrogen and oxygen atoms in total. The van der Waals surface area contributed by atoms with Gasteiger partial charge in [-0.15, -0.1) is 11.3 Å². The summed E-state index contributed by atoms with van der Waals surface area (Å²) in [5.74, 6) is 0.501. The van der Waals surface area contributed by atoms with Crippen LogP contribution in [0.25, 0.3) is 10.8 Å². The molecule has 0 unspecified atom stereocenters. The summed E-state index contributed by atoms with van der Waals surface area (Å²) >= 11 is 4.89. The maximum atomic E-state index is 12.5. The summed E-state index contributed by atoms with van der Waals surface area (Å²) in [6, 6.07) is 11.8.